The van der Waals surface area contributed by atoms with Crippen LogP contribution < -0.4 is 15.0 Å². The van der Waals surface area contributed by atoms with Gasteiger partial charge >= 0.3 is 0 Å². The van der Waals surface area contributed by atoms with Crippen molar-refractivity contribution in [2.45, 2.75) is 13.5 Å². The fourth-order valence-corrected chi connectivity index (χ4v) is 2.54. The number of anilines is 1. The summed E-state index contributed by atoms with van der Waals surface area (Å²) in [6.07, 6.45) is 1.80. The van der Waals surface area contributed by atoms with Gasteiger partial charge in [0, 0.05) is 25.8 Å². The molecule has 1 aromatic heterocycles. The molecule has 2 heterocycles. The smallest absolute Gasteiger partial charge is 0.258 e. The largest absolute Gasteiger partial charge is 0.484 e. The SMILES string of the molecule is Cc1ccc(OCC(=O)NCc2ccc(N3CCOCC3)nc2)cc1. The monoisotopic (exact) mass is 341 g/mol. The molecule has 6 nitrogen and oxygen atoms in total. The van der Waals surface area contributed by atoms with Crippen LogP contribution in [0.4, 0.5) is 5.82 Å². The van der Waals surface area contributed by atoms with Gasteiger partial charge in [-0.25, -0.2) is 4.98 Å². The third kappa shape index (κ3) is 5.19. The summed E-state index contributed by atoms with van der Waals surface area (Å²) in [6, 6.07) is 11.6. The lowest BCUT2D eigenvalue weighted by atomic mass is 10.2. The molecule has 0 unspecified atom stereocenters. The number of hydrogen-bond acceptors (Lipinski definition) is 5. The second kappa shape index (κ2) is 8.48. The highest BCUT2D eigenvalue weighted by Gasteiger charge is 2.12. The molecule has 0 atom stereocenters. The number of carbonyl (C=O) groups is 1. The number of carbonyl (C=O) groups excluding carboxylic acids is 1. The lowest BCUT2D eigenvalue weighted by Gasteiger charge is -2.27. The Morgan fingerprint density at radius 3 is 2.64 bits per heavy atom. The van der Waals surface area contributed by atoms with Crippen LogP contribution in [-0.2, 0) is 16.1 Å². The van der Waals surface area contributed by atoms with E-state index in [4.69, 9.17) is 9.47 Å². The van der Waals surface area contributed by atoms with Crippen molar-refractivity contribution in [3.8, 4) is 5.75 Å². The molecule has 25 heavy (non-hydrogen) atoms. The van der Waals surface area contributed by atoms with E-state index in [9.17, 15) is 4.79 Å². The van der Waals surface area contributed by atoms with Crippen LogP contribution in [0.3, 0.4) is 0 Å². The average Bonchev–Trinajstić information content (AvgIpc) is 2.67. The van der Waals surface area contributed by atoms with Crippen molar-refractivity contribution in [2.24, 2.45) is 0 Å². The molecular formula is C19H23N3O3. The Morgan fingerprint density at radius 2 is 1.96 bits per heavy atom. The van der Waals surface area contributed by atoms with Crippen molar-refractivity contribution >= 4 is 11.7 Å². The standard InChI is InChI=1S/C19H23N3O3/c1-15-2-5-17(6-3-15)25-14-19(23)21-13-16-4-7-18(20-12-16)22-8-10-24-11-9-22/h2-7,12H,8-11,13-14H2,1H3,(H,21,23). The topological polar surface area (TPSA) is 63.7 Å². The van der Waals surface area contributed by atoms with E-state index in [0.29, 0.717) is 12.3 Å². The van der Waals surface area contributed by atoms with Gasteiger partial charge in [0.05, 0.1) is 13.2 Å². The quantitative estimate of drug-likeness (QED) is 0.870. The van der Waals surface area contributed by atoms with Gasteiger partial charge < -0.3 is 19.7 Å². The predicted molar refractivity (Wildman–Crippen MR) is 95.8 cm³/mol. The van der Waals surface area contributed by atoms with E-state index < -0.39 is 0 Å². The molecule has 1 aliphatic heterocycles. The molecular weight excluding hydrogens is 318 g/mol. The van der Waals surface area contributed by atoms with Crippen molar-refractivity contribution in [3.63, 3.8) is 0 Å². The molecule has 1 amide bonds. The van der Waals surface area contributed by atoms with Gasteiger partial charge in [0.1, 0.15) is 11.6 Å². The molecule has 0 saturated carbocycles. The maximum Gasteiger partial charge on any atom is 0.258 e. The molecule has 132 valence electrons. The fourth-order valence-electron chi connectivity index (χ4n) is 2.54. The molecule has 6 heteroatoms. The number of aryl methyl sites for hydroxylation is 1. The summed E-state index contributed by atoms with van der Waals surface area (Å²) in [5, 5.41) is 2.84. The number of ether oxygens (including phenoxy) is 2. The molecule has 0 spiro atoms. The zero-order valence-electron chi connectivity index (χ0n) is 14.4. The summed E-state index contributed by atoms with van der Waals surface area (Å²) < 4.78 is 10.8. The van der Waals surface area contributed by atoms with E-state index in [1.54, 1.807) is 6.20 Å². The Bertz CT molecular complexity index is 680. The van der Waals surface area contributed by atoms with Gasteiger partial charge in [0.25, 0.3) is 5.91 Å². The normalized spacial score (nSPS) is 14.2. The molecule has 1 fully saturated rings. The number of amides is 1. The van der Waals surface area contributed by atoms with E-state index in [0.717, 1.165) is 43.2 Å². The summed E-state index contributed by atoms with van der Waals surface area (Å²) >= 11 is 0. The molecule has 3 rings (SSSR count). The first kappa shape index (κ1) is 17.2. The second-order valence-corrected chi connectivity index (χ2v) is 6.00. The molecule has 0 bridgehead atoms. The van der Waals surface area contributed by atoms with Gasteiger partial charge in [0.15, 0.2) is 6.61 Å². The summed E-state index contributed by atoms with van der Waals surface area (Å²) in [7, 11) is 0. The lowest BCUT2D eigenvalue weighted by molar-refractivity contribution is -0.123. The van der Waals surface area contributed by atoms with E-state index in [-0.39, 0.29) is 12.5 Å². The van der Waals surface area contributed by atoms with Gasteiger partial charge in [-0.05, 0) is 30.7 Å². The first-order valence-electron chi connectivity index (χ1n) is 8.44. The van der Waals surface area contributed by atoms with E-state index in [2.05, 4.69) is 15.2 Å². The zero-order valence-corrected chi connectivity index (χ0v) is 14.4. The van der Waals surface area contributed by atoms with Crippen LogP contribution in [-0.4, -0.2) is 43.8 Å². The predicted octanol–water partition coefficient (Wildman–Crippen LogP) is 1.92. The average molecular weight is 341 g/mol. The number of rotatable bonds is 6. The molecule has 2 aromatic rings. The van der Waals surface area contributed by atoms with E-state index in [1.165, 1.54) is 0 Å². The van der Waals surface area contributed by atoms with Crippen molar-refractivity contribution < 1.29 is 14.3 Å². The van der Waals surface area contributed by atoms with Crippen LogP contribution in [0.25, 0.3) is 0 Å². The highest BCUT2D eigenvalue weighted by molar-refractivity contribution is 5.77. The number of nitrogens with zero attached hydrogens (tertiary/aromatic N) is 2. The maximum atomic E-state index is 11.9. The van der Waals surface area contributed by atoms with Crippen molar-refractivity contribution in [1.82, 2.24) is 10.3 Å². The molecule has 1 saturated heterocycles. The maximum absolute atomic E-state index is 11.9. The minimum atomic E-state index is -0.155. The van der Waals surface area contributed by atoms with Gasteiger partial charge in [-0.3, -0.25) is 4.79 Å². The lowest BCUT2D eigenvalue weighted by Crippen LogP contribution is -2.36. The first-order valence-corrected chi connectivity index (χ1v) is 8.44. The van der Waals surface area contributed by atoms with E-state index in [1.807, 2.05) is 43.3 Å². The third-order valence-corrected chi connectivity index (χ3v) is 4.02. The van der Waals surface area contributed by atoms with Crippen molar-refractivity contribution in [3.05, 3.63) is 53.7 Å². The number of hydrogen-bond donors (Lipinski definition) is 1. The molecule has 1 N–H and O–H groups in total. The second-order valence-electron chi connectivity index (χ2n) is 6.00. The Hall–Kier alpha value is -2.60. The third-order valence-electron chi connectivity index (χ3n) is 4.02. The van der Waals surface area contributed by atoms with Crippen LogP contribution in [0.5, 0.6) is 5.75 Å². The fraction of sp³-hybridized carbons (Fsp3) is 0.368. The molecule has 0 radical (unpaired) electrons. The van der Waals surface area contributed by atoms with Crippen LogP contribution in [0.2, 0.25) is 0 Å². The Kier molecular flexibility index (Phi) is 5.85. The van der Waals surface area contributed by atoms with Gasteiger partial charge in [-0.1, -0.05) is 23.8 Å². The highest BCUT2D eigenvalue weighted by atomic mass is 16.5. The number of aromatic nitrogens is 1. The molecule has 0 aliphatic carbocycles. The van der Waals surface area contributed by atoms with Crippen molar-refractivity contribution in [1.29, 1.82) is 0 Å². The minimum absolute atomic E-state index is 0.00233. The van der Waals surface area contributed by atoms with Gasteiger partial charge in [0.2, 0.25) is 0 Å². The highest BCUT2D eigenvalue weighted by Crippen LogP contribution is 2.13. The van der Waals surface area contributed by atoms with Crippen molar-refractivity contribution in [2.75, 3.05) is 37.8 Å². The first-order chi connectivity index (χ1) is 12.2. The number of benzene rings is 1. The van der Waals surface area contributed by atoms with Gasteiger partial charge in [-0.15, -0.1) is 0 Å². The van der Waals surface area contributed by atoms with Crippen LogP contribution in [0.15, 0.2) is 42.6 Å². The van der Waals surface area contributed by atoms with Gasteiger partial charge in [-0.2, -0.15) is 0 Å². The van der Waals surface area contributed by atoms with Crippen LogP contribution in [0, 0.1) is 6.92 Å². The summed E-state index contributed by atoms with van der Waals surface area (Å²) in [4.78, 5) is 18.6. The van der Waals surface area contributed by atoms with E-state index >= 15 is 0 Å². The van der Waals surface area contributed by atoms with Crippen LogP contribution in [0.1, 0.15) is 11.1 Å². The Labute approximate surface area is 147 Å². The summed E-state index contributed by atoms with van der Waals surface area (Å²) in [5.74, 6) is 1.48. The van der Waals surface area contributed by atoms with Crippen LogP contribution >= 0.6 is 0 Å². The number of pyridine rings is 1. The number of morpholine rings is 1. The molecule has 1 aliphatic rings. The Balaban J connectivity index is 1.43. The number of nitrogens with one attached hydrogen (secondary N) is 1. The Morgan fingerprint density at radius 1 is 1.20 bits per heavy atom. The summed E-state index contributed by atoms with van der Waals surface area (Å²) in [6.45, 7) is 5.64. The molecule has 1 aromatic carbocycles. The zero-order chi connectivity index (χ0) is 17.5. The summed E-state index contributed by atoms with van der Waals surface area (Å²) in [5.41, 5.74) is 2.12. The minimum Gasteiger partial charge on any atom is -0.484 e.